The molecule has 0 heterocycles. The zero-order chi connectivity index (χ0) is 12.4. The van der Waals surface area contributed by atoms with Crippen molar-refractivity contribution >= 4 is 11.9 Å². The van der Waals surface area contributed by atoms with Crippen molar-refractivity contribution in [3.8, 4) is 0 Å². The summed E-state index contributed by atoms with van der Waals surface area (Å²) in [5.41, 5.74) is 0. The van der Waals surface area contributed by atoms with E-state index in [1.165, 1.54) is 13.5 Å². The second kappa shape index (κ2) is 5.07. The van der Waals surface area contributed by atoms with Gasteiger partial charge in [0.1, 0.15) is 6.54 Å². The predicted octanol–water partition coefficient (Wildman–Crippen LogP) is 1.44. The zero-order valence-electron chi connectivity index (χ0n) is 10.6. The fourth-order valence-corrected chi connectivity index (χ4v) is 2.93. The number of carbonyl (C=O) groups excluding carboxylic acids is 2. The molecule has 0 aromatic heterocycles. The van der Waals surface area contributed by atoms with Gasteiger partial charge in [0, 0.05) is 12.5 Å². The molecule has 2 rings (SSSR count). The van der Waals surface area contributed by atoms with Crippen molar-refractivity contribution in [2.75, 3.05) is 20.2 Å². The minimum atomic E-state index is -0.324. The van der Waals surface area contributed by atoms with Gasteiger partial charge in [-0.2, -0.15) is 0 Å². The third-order valence-electron chi connectivity index (χ3n) is 3.95. The molecule has 0 spiro atoms. The SMILES string of the molecule is CCCN(CC(=O)OC)C(=O)C1CC2CC2C1. The molecule has 0 aliphatic heterocycles. The van der Waals surface area contributed by atoms with E-state index < -0.39 is 0 Å². The highest BCUT2D eigenvalue weighted by molar-refractivity contribution is 5.84. The van der Waals surface area contributed by atoms with Gasteiger partial charge in [-0.1, -0.05) is 6.92 Å². The fourth-order valence-electron chi connectivity index (χ4n) is 2.93. The number of methoxy groups -OCH3 is 1. The standard InChI is InChI=1S/C13H21NO3/c1-3-4-14(8-12(15)17-2)13(16)11-6-9-5-10(9)7-11/h9-11H,3-8H2,1-2H3. The smallest absolute Gasteiger partial charge is 0.325 e. The van der Waals surface area contributed by atoms with Crippen LogP contribution in [0.4, 0.5) is 0 Å². The Hall–Kier alpha value is -1.06. The molecule has 2 atom stereocenters. The summed E-state index contributed by atoms with van der Waals surface area (Å²) in [7, 11) is 1.36. The largest absolute Gasteiger partial charge is 0.468 e. The number of rotatable bonds is 5. The number of ether oxygens (including phenoxy) is 1. The molecule has 4 heteroatoms. The second-order valence-corrected chi connectivity index (χ2v) is 5.26. The van der Waals surface area contributed by atoms with Crippen molar-refractivity contribution in [2.24, 2.45) is 17.8 Å². The van der Waals surface area contributed by atoms with E-state index in [-0.39, 0.29) is 24.3 Å². The maximum absolute atomic E-state index is 12.3. The molecule has 4 nitrogen and oxygen atoms in total. The van der Waals surface area contributed by atoms with Crippen molar-refractivity contribution in [1.29, 1.82) is 0 Å². The van der Waals surface area contributed by atoms with E-state index in [4.69, 9.17) is 0 Å². The van der Waals surface area contributed by atoms with Gasteiger partial charge in [0.05, 0.1) is 7.11 Å². The van der Waals surface area contributed by atoms with Crippen LogP contribution in [-0.4, -0.2) is 37.0 Å². The molecule has 2 fully saturated rings. The van der Waals surface area contributed by atoms with Gasteiger partial charge < -0.3 is 9.64 Å². The van der Waals surface area contributed by atoms with Crippen LogP contribution >= 0.6 is 0 Å². The van der Waals surface area contributed by atoms with E-state index in [0.717, 1.165) is 31.1 Å². The average Bonchev–Trinajstić information content (AvgIpc) is 2.94. The average molecular weight is 239 g/mol. The molecule has 0 radical (unpaired) electrons. The summed E-state index contributed by atoms with van der Waals surface area (Å²) in [6, 6.07) is 0. The zero-order valence-corrected chi connectivity index (χ0v) is 10.6. The fraction of sp³-hybridized carbons (Fsp3) is 0.846. The first-order valence-corrected chi connectivity index (χ1v) is 6.51. The molecule has 2 aliphatic carbocycles. The molecule has 1 amide bonds. The van der Waals surface area contributed by atoms with Gasteiger partial charge in [-0.3, -0.25) is 9.59 Å². The lowest BCUT2D eigenvalue weighted by Gasteiger charge is -2.24. The molecule has 2 aliphatic rings. The number of hydrogen-bond acceptors (Lipinski definition) is 3. The molecule has 0 saturated heterocycles. The van der Waals surface area contributed by atoms with Crippen molar-refractivity contribution in [2.45, 2.75) is 32.6 Å². The number of carbonyl (C=O) groups is 2. The summed E-state index contributed by atoms with van der Waals surface area (Å²) in [5, 5.41) is 0. The first kappa shape index (κ1) is 12.4. The Morgan fingerprint density at radius 1 is 1.24 bits per heavy atom. The van der Waals surface area contributed by atoms with Crippen LogP contribution in [0.5, 0.6) is 0 Å². The maximum atomic E-state index is 12.3. The van der Waals surface area contributed by atoms with E-state index in [1.54, 1.807) is 4.90 Å². The van der Waals surface area contributed by atoms with Crippen molar-refractivity contribution in [1.82, 2.24) is 4.90 Å². The Kier molecular flexibility index (Phi) is 3.69. The quantitative estimate of drug-likeness (QED) is 0.682. The molecule has 17 heavy (non-hydrogen) atoms. The van der Waals surface area contributed by atoms with Crippen molar-refractivity contribution in [3.05, 3.63) is 0 Å². The Morgan fingerprint density at radius 3 is 2.41 bits per heavy atom. The molecule has 2 unspecified atom stereocenters. The highest BCUT2D eigenvalue weighted by atomic mass is 16.5. The van der Waals surface area contributed by atoms with Crippen molar-refractivity contribution in [3.63, 3.8) is 0 Å². The lowest BCUT2D eigenvalue weighted by atomic mass is 10.0. The molecular formula is C13H21NO3. The number of fused-ring (bicyclic) bond motifs is 1. The first-order valence-electron chi connectivity index (χ1n) is 6.51. The summed E-state index contributed by atoms with van der Waals surface area (Å²) >= 11 is 0. The lowest BCUT2D eigenvalue weighted by Crippen LogP contribution is -2.40. The number of hydrogen-bond donors (Lipinski definition) is 0. The van der Waals surface area contributed by atoms with Crippen LogP contribution in [0.3, 0.4) is 0 Å². The maximum Gasteiger partial charge on any atom is 0.325 e. The van der Waals surface area contributed by atoms with Crippen LogP contribution in [0.15, 0.2) is 0 Å². The van der Waals surface area contributed by atoms with E-state index in [2.05, 4.69) is 4.74 Å². The monoisotopic (exact) mass is 239 g/mol. The molecule has 96 valence electrons. The summed E-state index contributed by atoms with van der Waals surface area (Å²) < 4.78 is 4.64. The molecular weight excluding hydrogens is 218 g/mol. The van der Waals surface area contributed by atoms with Crippen LogP contribution in [0.2, 0.25) is 0 Å². The van der Waals surface area contributed by atoms with Gasteiger partial charge in [-0.15, -0.1) is 0 Å². The summed E-state index contributed by atoms with van der Waals surface area (Å²) in [5.74, 6) is 1.59. The second-order valence-electron chi connectivity index (χ2n) is 5.26. The number of amides is 1. The number of esters is 1. The third-order valence-corrected chi connectivity index (χ3v) is 3.95. The Balaban J connectivity index is 1.89. The van der Waals surface area contributed by atoms with Gasteiger partial charge >= 0.3 is 5.97 Å². The molecule has 0 aromatic carbocycles. The van der Waals surface area contributed by atoms with Gasteiger partial charge in [0.2, 0.25) is 5.91 Å². The lowest BCUT2D eigenvalue weighted by molar-refractivity contribution is -0.148. The minimum Gasteiger partial charge on any atom is -0.468 e. The third kappa shape index (κ3) is 2.79. The van der Waals surface area contributed by atoms with Crippen LogP contribution < -0.4 is 0 Å². The Labute approximate surface area is 102 Å². The van der Waals surface area contributed by atoms with E-state index >= 15 is 0 Å². The molecule has 0 aromatic rings. The summed E-state index contributed by atoms with van der Waals surface area (Å²) in [6.45, 7) is 2.78. The van der Waals surface area contributed by atoms with Crippen LogP contribution in [0.1, 0.15) is 32.6 Å². The van der Waals surface area contributed by atoms with E-state index in [0.29, 0.717) is 6.54 Å². The van der Waals surface area contributed by atoms with Gasteiger partial charge in [0.25, 0.3) is 0 Å². The normalized spacial score (nSPS) is 29.6. The van der Waals surface area contributed by atoms with Crippen molar-refractivity contribution < 1.29 is 14.3 Å². The minimum absolute atomic E-state index is 0.106. The van der Waals surface area contributed by atoms with Gasteiger partial charge in [0.15, 0.2) is 0 Å². The van der Waals surface area contributed by atoms with E-state index in [9.17, 15) is 9.59 Å². The topological polar surface area (TPSA) is 46.6 Å². The predicted molar refractivity (Wildman–Crippen MR) is 63.2 cm³/mol. The van der Waals surface area contributed by atoms with Gasteiger partial charge in [-0.25, -0.2) is 0 Å². The van der Waals surface area contributed by atoms with Gasteiger partial charge in [-0.05, 0) is 37.5 Å². The Morgan fingerprint density at radius 2 is 1.88 bits per heavy atom. The van der Waals surface area contributed by atoms with E-state index in [1.807, 2.05) is 6.92 Å². The molecule has 2 saturated carbocycles. The molecule has 0 N–H and O–H groups in total. The Bertz CT molecular complexity index is 306. The first-order chi connectivity index (χ1) is 8.15. The van der Waals surface area contributed by atoms with Crippen LogP contribution in [0, 0.1) is 17.8 Å². The highest BCUT2D eigenvalue weighted by Crippen LogP contribution is 2.54. The van der Waals surface area contributed by atoms with Crippen LogP contribution in [0.25, 0.3) is 0 Å². The highest BCUT2D eigenvalue weighted by Gasteiger charge is 2.48. The number of nitrogens with zero attached hydrogens (tertiary/aromatic N) is 1. The summed E-state index contributed by atoms with van der Waals surface area (Å²) in [4.78, 5) is 25.2. The summed E-state index contributed by atoms with van der Waals surface area (Å²) in [6.07, 6.45) is 4.26. The van der Waals surface area contributed by atoms with Crippen LogP contribution in [-0.2, 0) is 14.3 Å². The molecule has 0 bridgehead atoms.